The van der Waals surface area contributed by atoms with Crippen molar-refractivity contribution < 1.29 is 14.8 Å². The molecule has 0 saturated carbocycles. The normalized spacial score (nSPS) is 10.9. The van der Waals surface area contributed by atoms with Gasteiger partial charge in [0.2, 0.25) is 0 Å². The van der Waals surface area contributed by atoms with E-state index in [1.807, 2.05) is 0 Å². The largest absolute Gasteiger partial charge is 0.396 e. The average Bonchev–Trinajstić information content (AvgIpc) is 2.48. The lowest BCUT2D eigenvalue weighted by molar-refractivity contribution is -0.704. The lowest BCUT2D eigenvalue weighted by atomic mass is 10.1. The number of aliphatic hydroxyl groups is 2. The minimum atomic E-state index is 0.317. The summed E-state index contributed by atoms with van der Waals surface area (Å²) in [5.41, 5.74) is 1.42. The molecule has 114 valence electrons. The first-order valence-electron chi connectivity index (χ1n) is 8.07. The number of hydrogen-bond acceptors (Lipinski definition) is 2. The number of rotatable bonds is 12. The van der Waals surface area contributed by atoms with E-state index < -0.39 is 0 Å². The van der Waals surface area contributed by atoms with E-state index in [1.54, 1.807) is 0 Å². The van der Waals surface area contributed by atoms with Gasteiger partial charge in [-0.1, -0.05) is 25.3 Å². The molecular formula is C17H30NO2+. The van der Waals surface area contributed by atoms with Crippen LogP contribution in [0, 0.1) is 0 Å². The van der Waals surface area contributed by atoms with E-state index in [-0.39, 0.29) is 0 Å². The standard InChI is InChI=1S/C17H30NO2/c19-15-9-3-1-5-11-17-12-6-8-14-18(17)13-7-2-4-10-16-20/h6,8,12,14,19-20H,1-5,7,9-11,13,15-16H2/q+1. The van der Waals surface area contributed by atoms with Crippen LogP contribution in [-0.4, -0.2) is 23.4 Å². The first-order chi connectivity index (χ1) is 9.88. The third-order valence-corrected chi connectivity index (χ3v) is 3.68. The lowest BCUT2D eigenvalue weighted by Gasteiger charge is -2.04. The quantitative estimate of drug-likeness (QED) is 0.456. The van der Waals surface area contributed by atoms with Gasteiger partial charge in [0.05, 0.1) is 0 Å². The van der Waals surface area contributed by atoms with Gasteiger partial charge >= 0.3 is 0 Å². The van der Waals surface area contributed by atoms with Crippen LogP contribution in [0.5, 0.6) is 0 Å². The SMILES string of the molecule is OCCCCCCc1cccc[n+]1CCCCCCO. The summed E-state index contributed by atoms with van der Waals surface area (Å²) in [6.07, 6.45) is 12.2. The molecule has 1 aromatic heterocycles. The molecule has 1 heterocycles. The van der Waals surface area contributed by atoms with Crippen molar-refractivity contribution in [1.82, 2.24) is 0 Å². The van der Waals surface area contributed by atoms with E-state index in [0.717, 1.165) is 38.6 Å². The van der Waals surface area contributed by atoms with Crippen LogP contribution in [0.2, 0.25) is 0 Å². The predicted octanol–water partition coefficient (Wildman–Crippen LogP) is 2.62. The third kappa shape index (κ3) is 7.61. The molecule has 0 spiro atoms. The molecule has 3 nitrogen and oxygen atoms in total. The Morgan fingerprint density at radius 2 is 1.40 bits per heavy atom. The number of pyridine rings is 1. The van der Waals surface area contributed by atoms with Gasteiger partial charge in [-0.15, -0.1) is 0 Å². The number of hydrogen-bond donors (Lipinski definition) is 2. The van der Waals surface area contributed by atoms with Gasteiger partial charge in [-0.3, -0.25) is 0 Å². The summed E-state index contributed by atoms with van der Waals surface area (Å²) in [7, 11) is 0. The molecule has 0 saturated heterocycles. The van der Waals surface area contributed by atoms with E-state index in [1.165, 1.54) is 31.4 Å². The smallest absolute Gasteiger partial charge is 0.181 e. The highest BCUT2D eigenvalue weighted by Gasteiger charge is 2.08. The van der Waals surface area contributed by atoms with Crippen LogP contribution < -0.4 is 4.57 Å². The highest BCUT2D eigenvalue weighted by Crippen LogP contribution is 2.05. The fourth-order valence-corrected chi connectivity index (χ4v) is 2.48. The fourth-order valence-electron chi connectivity index (χ4n) is 2.48. The van der Waals surface area contributed by atoms with Gasteiger partial charge in [0.25, 0.3) is 0 Å². The van der Waals surface area contributed by atoms with Gasteiger partial charge in [0.1, 0.15) is 6.54 Å². The molecule has 0 aliphatic carbocycles. The molecular weight excluding hydrogens is 250 g/mol. The van der Waals surface area contributed by atoms with Crippen LogP contribution in [0.4, 0.5) is 0 Å². The van der Waals surface area contributed by atoms with E-state index >= 15 is 0 Å². The molecule has 0 atom stereocenters. The van der Waals surface area contributed by atoms with Crippen molar-refractivity contribution in [3.8, 4) is 0 Å². The molecule has 0 radical (unpaired) electrons. The summed E-state index contributed by atoms with van der Waals surface area (Å²) >= 11 is 0. The first kappa shape index (κ1) is 17.1. The molecule has 1 rings (SSSR count). The maximum Gasteiger partial charge on any atom is 0.181 e. The van der Waals surface area contributed by atoms with Crippen molar-refractivity contribution in [1.29, 1.82) is 0 Å². The van der Waals surface area contributed by atoms with E-state index in [4.69, 9.17) is 10.2 Å². The maximum absolute atomic E-state index is 8.77. The van der Waals surface area contributed by atoms with Crippen LogP contribution in [0.3, 0.4) is 0 Å². The van der Waals surface area contributed by atoms with Gasteiger partial charge in [-0.05, 0) is 25.7 Å². The second-order valence-corrected chi connectivity index (χ2v) is 5.41. The number of aryl methyl sites for hydroxylation is 2. The Hall–Kier alpha value is -0.930. The molecule has 0 fully saturated rings. The van der Waals surface area contributed by atoms with E-state index in [0.29, 0.717) is 13.2 Å². The van der Waals surface area contributed by atoms with Crippen molar-refractivity contribution in [2.24, 2.45) is 0 Å². The van der Waals surface area contributed by atoms with Gasteiger partial charge in [0.15, 0.2) is 11.9 Å². The van der Waals surface area contributed by atoms with Gasteiger partial charge in [0, 0.05) is 38.2 Å². The summed E-state index contributed by atoms with van der Waals surface area (Å²) in [5, 5.41) is 17.5. The molecule has 0 aromatic carbocycles. The first-order valence-corrected chi connectivity index (χ1v) is 8.07. The van der Waals surface area contributed by atoms with Crippen molar-refractivity contribution >= 4 is 0 Å². The summed E-state index contributed by atoms with van der Waals surface area (Å²) in [4.78, 5) is 0. The number of aliphatic hydroxyl groups excluding tert-OH is 2. The molecule has 3 heteroatoms. The van der Waals surface area contributed by atoms with Crippen molar-refractivity contribution in [2.75, 3.05) is 13.2 Å². The summed E-state index contributed by atoms with van der Waals surface area (Å²) in [5.74, 6) is 0. The molecule has 0 aliphatic rings. The second kappa shape index (κ2) is 11.9. The average molecular weight is 280 g/mol. The zero-order valence-corrected chi connectivity index (χ0v) is 12.6. The predicted molar refractivity (Wildman–Crippen MR) is 81.4 cm³/mol. The van der Waals surface area contributed by atoms with Gasteiger partial charge in [-0.25, -0.2) is 4.57 Å². The molecule has 1 aromatic rings. The maximum atomic E-state index is 8.77. The Balaban J connectivity index is 2.27. The number of unbranched alkanes of at least 4 members (excludes halogenated alkanes) is 6. The van der Waals surface area contributed by atoms with Crippen molar-refractivity contribution in [3.63, 3.8) is 0 Å². The topological polar surface area (TPSA) is 44.3 Å². The summed E-state index contributed by atoms with van der Waals surface area (Å²) in [6, 6.07) is 6.44. The zero-order chi connectivity index (χ0) is 14.5. The Bertz CT molecular complexity index is 309. The van der Waals surface area contributed by atoms with Crippen LogP contribution in [0.15, 0.2) is 24.4 Å². The van der Waals surface area contributed by atoms with Crippen molar-refractivity contribution in [3.05, 3.63) is 30.1 Å². The second-order valence-electron chi connectivity index (χ2n) is 5.41. The minimum Gasteiger partial charge on any atom is -0.396 e. The van der Waals surface area contributed by atoms with Crippen LogP contribution in [0.1, 0.15) is 57.1 Å². The highest BCUT2D eigenvalue weighted by molar-refractivity contribution is 4.97. The highest BCUT2D eigenvalue weighted by atomic mass is 16.3. The van der Waals surface area contributed by atoms with Gasteiger partial charge < -0.3 is 10.2 Å². The lowest BCUT2D eigenvalue weighted by Crippen LogP contribution is -2.37. The van der Waals surface area contributed by atoms with E-state index in [9.17, 15) is 0 Å². The Morgan fingerprint density at radius 1 is 0.750 bits per heavy atom. The Kier molecular flexibility index (Phi) is 10.2. The van der Waals surface area contributed by atoms with Crippen molar-refractivity contribution in [2.45, 2.75) is 64.3 Å². The van der Waals surface area contributed by atoms with Crippen LogP contribution in [0.25, 0.3) is 0 Å². The Morgan fingerprint density at radius 3 is 2.10 bits per heavy atom. The zero-order valence-electron chi connectivity index (χ0n) is 12.6. The number of aromatic nitrogens is 1. The minimum absolute atomic E-state index is 0.317. The monoisotopic (exact) mass is 280 g/mol. The van der Waals surface area contributed by atoms with Crippen LogP contribution in [-0.2, 0) is 13.0 Å². The third-order valence-electron chi connectivity index (χ3n) is 3.68. The van der Waals surface area contributed by atoms with Gasteiger partial charge in [-0.2, -0.15) is 0 Å². The molecule has 0 amide bonds. The summed E-state index contributed by atoms with van der Waals surface area (Å²) in [6.45, 7) is 1.72. The molecule has 20 heavy (non-hydrogen) atoms. The molecule has 2 N–H and O–H groups in total. The summed E-state index contributed by atoms with van der Waals surface area (Å²) < 4.78 is 2.37. The molecule has 0 bridgehead atoms. The fraction of sp³-hybridized carbons (Fsp3) is 0.706. The number of nitrogens with zero attached hydrogens (tertiary/aromatic N) is 1. The Labute approximate surface area is 123 Å². The van der Waals surface area contributed by atoms with Crippen LogP contribution >= 0.6 is 0 Å². The van der Waals surface area contributed by atoms with E-state index in [2.05, 4.69) is 29.0 Å². The molecule has 0 aliphatic heterocycles. The molecule has 0 unspecified atom stereocenters.